The predicted molar refractivity (Wildman–Crippen MR) is 89.9 cm³/mol. The molecule has 1 aromatic carbocycles. The molecule has 0 unspecified atom stereocenters. The summed E-state index contributed by atoms with van der Waals surface area (Å²) >= 11 is 0. The summed E-state index contributed by atoms with van der Waals surface area (Å²) in [5, 5.41) is 0. The van der Waals surface area contributed by atoms with E-state index in [1.54, 1.807) is 18.2 Å². The van der Waals surface area contributed by atoms with E-state index in [2.05, 4.69) is 9.97 Å². The molecule has 1 aromatic heterocycles. The second-order valence-corrected chi connectivity index (χ2v) is 6.81. The molecule has 0 spiro atoms. The fourth-order valence-electron chi connectivity index (χ4n) is 3.18. The second-order valence-electron chi connectivity index (χ2n) is 6.81. The van der Waals surface area contributed by atoms with E-state index in [-0.39, 0.29) is 23.6 Å². The zero-order valence-electron chi connectivity index (χ0n) is 14.1. The van der Waals surface area contributed by atoms with Crippen molar-refractivity contribution in [1.82, 2.24) is 14.9 Å². The van der Waals surface area contributed by atoms with Crippen LogP contribution in [0.3, 0.4) is 0 Å². The van der Waals surface area contributed by atoms with Gasteiger partial charge < -0.3 is 9.64 Å². The average Bonchev–Trinajstić information content (AvgIpc) is 3.32. The van der Waals surface area contributed by atoms with E-state index in [4.69, 9.17) is 4.74 Å². The molecule has 0 N–H and O–H groups in total. The van der Waals surface area contributed by atoms with Crippen LogP contribution in [-0.2, 0) is 4.79 Å². The number of benzene rings is 1. The van der Waals surface area contributed by atoms with E-state index in [0.717, 1.165) is 31.5 Å². The fourth-order valence-corrected chi connectivity index (χ4v) is 3.18. The number of aromatic nitrogens is 2. The number of nitrogens with zero attached hydrogens (tertiary/aromatic N) is 3. The molecule has 1 saturated carbocycles. The molecule has 5 nitrogen and oxygen atoms in total. The van der Waals surface area contributed by atoms with E-state index in [0.29, 0.717) is 24.0 Å². The summed E-state index contributed by atoms with van der Waals surface area (Å²) in [4.78, 5) is 23.2. The van der Waals surface area contributed by atoms with Crippen LogP contribution in [0.25, 0.3) is 0 Å². The van der Waals surface area contributed by atoms with E-state index < -0.39 is 0 Å². The number of aryl methyl sites for hydroxylation is 1. The molecular formula is C19H20FN3O2. The van der Waals surface area contributed by atoms with Crippen LogP contribution >= 0.6 is 0 Å². The number of carbonyl (C=O) groups excluding carboxylic acids is 1. The van der Waals surface area contributed by atoms with Crippen molar-refractivity contribution in [2.75, 3.05) is 13.1 Å². The number of amides is 1. The van der Waals surface area contributed by atoms with Gasteiger partial charge in [-0.2, -0.15) is 4.98 Å². The summed E-state index contributed by atoms with van der Waals surface area (Å²) in [6, 6.07) is 7.59. The van der Waals surface area contributed by atoms with Gasteiger partial charge in [-0.05, 0) is 50.5 Å². The van der Waals surface area contributed by atoms with Gasteiger partial charge in [-0.15, -0.1) is 0 Å². The average molecular weight is 341 g/mol. The normalized spacial score (nSPS) is 19.9. The lowest BCUT2D eigenvalue weighted by Crippen LogP contribution is -2.29. The van der Waals surface area contributed by atoms with Crippen LogP contribution in [0.2, 0.25) is 0 Å². The number of hydrogen-bond acceptors (Lipinski definition) is 4. The molecule has 1 aliphatic heterocycles. The Morgan fingerprint density at radius 1 is 1.20 bits per heavy atom. The minimum absolute atomic E-state index is 0.137. The van der Waals surface area contributed by atoms with Crippen LogP contribution in [0.5, 0.6) is 11.6 Å². The Bertz CT molecular complexity index is 790. The monoisotopic (exact) mass is 341 g/mol. The Labute approximate surface area is 145 Å². The Balaban J connectivity index is 1.49. The molecule has 130 valence electrons. The van der Waals surface area contributed by atoms with Gasteiger partial charge in [0.2, 0.25) is 11.8 Å². The van der Waals surface area contributed by atoms with Gasteiger partial charge in [0.05, 0.1) is 0 Å². The Morgan fingerprint density at radius 2 is 1.96 bits per heavy atom. The third kappa shape index (κ3) is 3.62. The van der Waals surface area contributed by atoms with Crippen LogP contribution in [0, 0.1) is 18.7 Å². The topological polar surface area (TPSA) is 55.3 Å². The highest BCUT2D eigenvalue weighted by atomic mass is 19.1. The molecule has 0 bridgehead atoms. The van der Waals surface area contributed by atoms with Gasteiger partial charge in [-0.1, -0.05) is 0 Å². The first-order valence-corrected chi connectivity index (χ1v) is 8.66. The van der Waals surface area contributed by atoms with Gasteiger partial charge in [0, 0.05) is 36.7 Å². The van der Waals surface area contributed by atoms with Crippen LogP contribution in [0.15, 0.2) is 30.3 Å². The summed E-state index contributed by atoms with van der Waals surface area (Å²) in [6.45, 7) is 3.34. The Hall–Kier alpha value is -2.50. The third-order valence-corrected chi connectivity index (χ3v) is 4.68. The van der Waals surface area contributed by atoms with E-state index in [1.807, 2.05) is 11.8 Å². The van der Waals surface area contributed by atoms with Gasteiger partial charge in [0.15, 0.2) is 0 Å². The van der Waals surface area contributed by atoms with Crippen molar-refractivity contribution < 1.29 is 13.9 Å². The van der Waals surface area contributed by atoms with Crippen LogP contribution in [0.1, 0.15) is 36.7 Å². The molecule has 4 rings (SSSR count). The lowest BCUT2D eigenvalue weighted by atomic mass is 10.1. The maximum atomic E-state index is 13.0. The standard InChI is InChI=1S/C19H20FN3O2/c1-12-10-17(25-16-6-4-15(20)5-7-16)22-18(21-12)14-8-9-23(11-14)19(24)13-2-3-13/h4-7,10,13-14H,2-3,8-9,11H2,1H3/t14-/m1/s1. The molecule has 1 saturated heterocycles. The highest BCUT2D eigenvalue weighted by Crippen LogP contribution is 2.35. The van der Waals surface area contributed by atoms with Gasteiger partial charge in [0.25, 0.3) is 0 Å². The molecule has 2 aliphatic rings. The summed E-state index contributed by atoms with van der Waals surface area (Å²) in [6.07, 6.45) is 2.92. The molecular weight excluding hydrogens is 321 g/mol. The first-order chi connectivity index (χ1) is 12.1. The van der Waals surface area contributed by atoms with Crippen LogP contribution in [0.4, 0.5) is 4.39 Å². The van der Waals surface area contributed by atoms with Crippen molar-refractivity contribution in [3.05, 3.63) is 47.7 Å². The number of likely N-dealkylation sites (tertiary alicyclic amines) is 1. The molecule has 2 aromatic rings. The van der Waals surface area contributed by atoms with Crippen molar-refractivity contribution >= 4 is 5.91 Å². The number of rotatable bonds is 4. The first kappa shape index (κ1) is 16.0. The molecule has 0 radical (unpaired) electrons. The van der Waals surface area contributed by atoms with Gasteiger partial charge in [-0.25, -0.2) is 9.37 Å². The number of hydrogen-bond donors (Lipinski definition) is 0. The second kappa shape index (κ2) is 6.43. The summed E-state index contributed by atoms with van der Waals surface area (Å²) in [7, 11) is 0. The lowest BCUT2D eigenvalue weighted by molar-refractivity contribution is -0.131. The molecule has 1 atom stereocenters. The largest absolute Gasteiger partial charge is 0.439 e. The van der Waals surface area contributed by atoms with Gasteiger partial charge in [0.1, 0.15) is 17.4 Å². The van der Waals surface area contributed by atoms with Crippen molar-refractivity contribution in [3.8, 4) is 11.6 Å². The van der Waals surface area contributed by atoms with Crippen molar-refractivity contribution in [1.29, 1.82) is 0 Å². The van der Waals surface area contributed by atoms with Gasteiger partial charge >= 0.3 is 0 Å². The molecule has 1 aliphatic carbocycles. The highest BCUT2D eigenvalue weighted by Gasteiger charge is 2.37. The summed E-state index contributed by atoms with van der Waals surface area (Å²) in [5.41, 5.74) is 0.814. The van der Waals surface area contributed by atoms with Crippen molar-refractivity contribution in [2.45, 2.75) is 32.1 Å². The van der Waals surface area contributed by atoms with Crippen LogP contribution < -0.4 is 4.74 Å². The van der Waals surface area contributed by atoms with Gasteiger partial charge in [-0.3, -0.25) is 4.79 Å². The Kier molecular flexibility index (Phi) is 4.11. The maximum Gasteiger partial charge on any atom is 0.225 e. The van der Waals surface area contributed by atoms with E-state index >= 15 is 0 Å². The molecule has 25 heavy (non-hydrogen) atoms. The quantitative estimate of drug-likeness (QED) is 0.855. The molecule has 6 heteroatoms. The third-order valence-electron chi connectivity index (χ3n) is 4.68. The minimum Gasteiger partial charge on any atom is -0.439 e. The number of carbonyl (C=O) groups is 1. The zero-order valence-corrected chi connectivity index (χ0v) is 14.1. The van der Waals surface area contributed by atoms with Crippen molar-refractivity contribution in [2.24, 2.45) is 5.92 Å². The lowest BCUT2D eigenvalue weighted by Gasteiger charge is -2.16. The first-order valence-electron chi connectivity index (χ1n) is 8.66. The highest BCUT2D eigenvalue weighted by molar-refractivity contribution is 5.81. The smallest absolute Gasteiger partial charge is 0.225 e. The molecule has 2 fully saturated rings. The van der Waals surface area contributed by atoms with E-state index in [1.165, 1.54) is 12.1 Å². The van der Waals surface area contributed by atoms with E-state index in [9.17, 15) is 9.18 Å². The summed E-state index contributed by atoms with van der Waals surface area (Å²) < 4.78 is 18.7. The fraction of sp³-hybridized carbons (Fsp3) is 0.421. The molecule has 1 amide bonds. The van der Waals surface area contributed by atoms with Crippen molar-refractivity contribution in [3.63, 3.8) is 0 Å². The minimum atomic E-state index is -0.307. The molecule has 2 heterocycles. The SMILES string of the molecule is Cc1cc(Oc2ccc(F)cc2)nc([C@@H]2CCN(C(=O)C3CC3)C2)n1. The number of ether oxygens (including phenoxy) is 1. The van der Waals surface area contributed by atoms with Crippen LogP contribution in [-0.4, -0.2) is 33.9 Å². The predicted octanol–water partition coefficient (Wildman–Crippen LogP) is 3.44. The summed E-state index contributed by atoms with van der Waals surface area (Å²) in [5.74, 6) is 2.04. The number of halogens is 1. The zero-order chi connectivity index (χ0) is 17.4. The Morgan fingerprint density at radius 3 is 2.68 bits per heavy atom. The maximum absolute atomic E-state index is 13.0.